The summed E-state index contributed by atoms with van der Waals surface area (Å²) < 4.78 is 17.7. The van der Waals surface area contributed by atoms with Crippen LogP contribution < -0.4 is 10.6 Å². The fourth-order valence-corrected chi connectivity index (χ4v) is 5.67. The topological polar surface area (TPSA) is 132 Å². The summed E-state index contributed by atoms with van der Waals surface area (Å²) in [7, 11) is 0. The number of aromatic nitrogens is 2. The molecule has 1 aliphatic rings. The Hall–Kier alpha value is -4.29. The third-order valence-electron chi connectivity index (χ3n) is 7.15. The van der Waals surface area contributed by atoms with Crippen LogP contribution in [0.15, 0.2) is 96.4 Å². The maximum Gasteiger partial charge on any atom is 0.325 e. The summed E-state index contributed by atoms with van der Waals surface area (Å²) in [6.45, 7) is 2.09. The molecule has 1 aliphatic heterocycles. The van der Waals surface area contributed by atoms with Gasteiger partial charge in [0.15, 0.2) is 11.4 Å². The lowest BCUT2D eigenvalue weighted by Crippen LogP contribution is -2.38. The number of carbonyl (C=O) groups excluding carboxylic acids is 2. The van der Waals surface area contributed by atoms with E-state index in [0.29, 0.717) is 23.9 Å². The summed E-state index contributed by atoms with van der Waals surface area (Å²) in [5.41, 5.74) is 5.70. The molecule has 3 atom stereocenters. The van der Waals surface area contributed by atoms with Gasteiger partial charge in [0, 0.05) is 36.7 Å². The normalized spacial score (nSPS) is 17.8. The van der Waals surface area contributed by atoms with Gasteiger partial charge in [0.2, 0.25) is 0 Å². The van der Waals surface area contributed by atoms with Gasteiger partial charge in [-0.2, -0.15) is 0 Å². The van der Waals surface area contributed by atoms with Crippen molar-refractivity contribution < 1.29 is 28.9 Å². The van der Waals surface area contributed by atoms with Crippen LogP contribution in [-0.4, -0.2) is 52.1 Å². The molecule has 0 unspecified atom stereocenters. The minimum absolute atomic E-state index is 0.00783. The zero-order valence-electron chi connectivity index (χ0n) is 24.9. The van der Waals surface area contributed by atoms with Crippen molar-refractivity contribution in [1.82, 2.24) is 20.6 Å². The van der Waals surface area contributed by atoms with Crippen LogP contribution in [0, 0.1) is 0 Å². The second-order valence-electron chi connectivity index (χ2n) is 10.4. The van der Waals surface area contributed by atoms with Crippen LogP contribution in [0.3, 0.4) is 0 Å². The number of hydrogen-bond acceptors (Lipinski definition) is 9. The van der Waals surface area contributed by atoms with Crippen molar-refractivity contribution in [3.8, 4) is 11.1 Å². The van der Waals surface area contributed by atoms with E-state index in [2.05, 4.69) is 20.6 Å². The smallest absolute Gasteiger partial charge is 0.325 e. The molecule has 0 bridgehead atoms. The molecule has 3 N–H and O–H groups in total. The highest BCUT2D eigenvalue weighted by atomic mass is 32.2. The molecule has 2 heterocycles. The zero-order valence-corrected chi connectivity index (χ0v) is 25.7. The summed E-state index contributed by atoms with van der Waals surface area (Å²) in [5.74, 6) is 0.194. The Morgan fingerprint density at radius 3 is 2.40 bits per heavy atom. The molecule has 0 aliphatic carbocycles. The summed E-state index contributed by atoms with van der Waals surface area (Å²) in [4.78, 5) is 32.2. The molecular formula is C34H36N4O6S. The largest absolute Gasteiger partial charge is 0.465 e. The van der Waals surface area contributed by atoms with Gasteiger partial charge in [0.25, 0.3) is 0 Å². The van der Waals surface area contributed by atoms with Crippen LogP contribution in [-0.2, 0) is 32.2 Å². The standard InChI is InChI=1S/C34H36N4O6S/c1-2-42-31(40)20-38-33(41)37-19-24-5-3-6-28(17-24)25-11-13-27(14-12-25)32-43-29(22-45-34-35-15-4-16-36-34)18-30(44-32)26-9-7-23(21-39)8-10-26/h3-17,29-30,32,39H,2,18-22H2,1H3,(H2,37,38,41)/t29-,30+,32+/m1/s1. The van der Waals surface area contributed by atoms with Gasteiger partial charge >= 0.3 is 12.0 Å². The van der Waals surface area contributed by atoms with Gasteiger partial charge in [-0.05, 0) is 46.9 Å². The van der Waals surface area contributed by atoms with E-state index in [9.17, 15) is 14.7 Å². The third kappa shape index (κ3) is 9.35. The van der Waals surface area contributed by atoms with E-state index in [1.54, 1.807) is 37.1 Å². The molecule has 0 saturated carbocycles. The second-order valence-corrected chi connectivity index (χ2v) is 11.3. The Morgan fingerprint density at radius 1 is 0.911 bits per heavy atom. The Morgan fingerprint density at radius 2 is 1.67 bits per heavy atom. The monoisotopic (exact) mass is 628 g/mol. The minimum Gasteiger partial charge on any atom is -0.465 e. The first-order valence-electron chi connectivity index (χ1n) is 14.8. The van der Waals surface area contributed by atoms with Crippen LogP contribution in [0.4, 0.5) is 4.79 Å². The summed E-state index contributed by atoms with van der Waals surface area (Å²) in [6, 6.07) is 25.2. The highest BCUT2D eigenvalue weighted by Crippen LogP contribution is 2.39. The van der Waals surface area contributed by atoms with Gasteiger partial charge in [-0.3, -0.25) is 4.79 Å². The first-order chi connectivity index (χ1) is 22.0. The number of rotatable bonds is 12. The lowest BCUT2D eigenvalue weighted by Gasteiger charge is -2.36. The summed E-state index contributed by atoms with van der Waals surface area (Å²) >= 11 is 1.55. The van der Waals surface area contributed by atoms with Crippen molar-refractivity contribution in [1.29, 1.82) is 0 Å². The Balaban J connectivity index is 1.25. The molecule has 1 fully saturated rings. The van der Waals surface area contributed by atoms with Crippen molar-refractivity contribution in [3.05, 3.63) is 114 Å². The molecule has 45 heavy (non-hydrogen) atoms. The maximum absolute atomic E-state index is 12.1. The minimum atomic E-state index is -0.568. The lowest BCUT2D eigenvalue weighted by molar-refractivity contribution is -0.245. The van der Waals surface area contributed by atoms with Gasteiger partial charge < -0.3 is 30.0 Å². The number of nitrogens with zero attached hydrogens (tertiary/aromatic N) is 2. The Labute approximate surface area is 266 Å². The maximum atomic E-state index is 12.1. The predicted octanol–water partition coefficient (Wildman–Crippen LogP) is 5.34. The lowest BCUT2D eigenvalue weighted by atomic mass is 9.99. The molecule has 0 radical (unpaired) electrons. The molecule has 11 heteroatoms. The van der Waals surface area contributed by atoms with E-state index < -0.39 is 18.3 Å². The highest BCUT2D eigenvalue weighted by Gasteiger charge is 2.32. The van der Waals surface area contributed by atoms with Crippen molar-refractivity contribution in [2.75, 3.05) is 18.9 Å². The number of esters is 1. The van der Waals surface area contributed by atoms with Crippen LogP contribution in [0.25, 0.3) is 11.1 Å². The number of ether oxygens (including phenoxy) is 3. The second kappa shape index (κ2) is 16.1. The van der Waals surface area contributed by atoms with Crippen LogP contribution >= 0.6 is 11.8 Å². The van der Waals surface area contributed by atoms with E-state index in [4.69, 9.17) is 14.2 Å². The van der Waals surface area contributed by atoms with Crippen molar-refractivity contribution in [2.24, 2.45) is 0 Å². The molecule has 1 saturated heterocycles. The number of carbonyl (C=O) groups is 2. The number of aliphatic hydroxyl groups is 1. The fourth-order valence-electron chi connectivity index (χ4n) is 4.85. The number of hydrogen-bond donors (Lipinski definition) is 3. The average molecular weight is 629 g/mol. The van der Waals surface area contributed by atoms with Gasteiger partial charge in [-0.15, -0.1) is 0 Å². The van der Waals surface area contributed by atoms with Crippen molar-refractivity contribution >= 4 is 23.8 Å². The van der Waals surface area contributed by atoms with Gasteiger partial charge in [-0.25, -0.2) is 14.8 Å². The van der Waals surface area contributed by atoms with Crippen molar-refractivity contribution in [2.45, 2.75) is 50.2 Å². The van der Waals surface area contributed by atoms with E-state index in [1.165, 1.54) is 0 Å². The molecular weight excluding hydrogens is 592 g/mol. The molecule has 4 aromatic rings. The van der Waals surface area contributed by atoms with Crippen LogP contribution in [0.1, 0.15) is 48.0 Å². The summed E-state index contributed by atoms with van der Waals surface area (Å²) in [6.07, 6.45) is 3.28. The average Bonchev–Trinajstić information content (AvgIpc) is 3.09. The first kappa shape index (κ1) is 32.1. The van der Waals surface area contributed by atoms with Gasteiger partial charge in [0.1, 0.15) is 6.54 Å². The molecule has 2 amide bonds. The first-order valence-corrected chi connectivity index (χ1v) is 15.8. The third-order valence-corrected chi connectivity index (χ3v) is 8.16. The molecule has 1 aromatic heterocycles. The summed E-state index contributed by atoms with van der Waals surface area (Å²) in [5, 5.41) is 15.4. The number of urea groups is 1. The SMILES string of the molecule is CCOC(=O)CNC(=O)NCc1cccc(-c2ccc([C@H]3O[C@@H](CSc4ncccn4)C[C@@H](c4ccc(CO)cc4)O3)cc2)c1. The van der Waals surface area contributed by atoms with Crippen molar-refractivity contribution in [3.63, 3.8) is 0 Å². The van der Waals surface area contributed by atoms with Gasteiger partial charge in [-0.1, -0.05) is 78.5 Å². The molecule has 3 aromatic carbocycles. The fraction of sp³-hybridized carbons (Fsp3) is 0.294. The highest BCUT2D eigenvalue weighted by molar-refractivity contribution is 7.99. The number of nitrogens with one attached hydrogen (secondary N) is 2. The molecule has 234 valence electrons. The van der Waals surface area contributed by atoms with Gasteiger partial charge in [0.05, 0.1) is 25.4 Å². The number of amides is 2. The Kier molecular flexibility index (Phi) is 11.5. The van der Waals surface area contributed by atoms with E-state index >= 15 is 0 Å². The zero-order chi connectivity index (χ0) is 31.4. The molecule has 0 spiro atoms. The van der Waals surface area contributed by atoms with E-state index in [0.717, 1.165) is 33.4 Å². The predicted molar refractivity (Wildman–Crippen MR) is 170 cm³/mol. The Bertz CT molecular complexity index is 1540. The van der Waals surface area contributed by atoms with Crippen LogP contribution in [0.5, 0.6) is 0 Å². The quantitative estimate of drug-likeness (QED) is 0.108. The number of benzene rings is 3. The van der Waals surface area contributed by atoms with E-state index in [-0.39, 0.29) is 32.0 Å². The van der Waals surface area contributed by atoms with Crippen LogP contribution in [0.2, 0.25) is 0 Å². The van der Waals surface area contributed by atoms with E-state index in [1.807, 2.05) is 72.8 Å². The number of thioether (sulfide) groups is 1. The number of aliphatic hydroxyl groups excluding tert-OH is 1. The molecule has 10 nitrogen and oxygen atoms in total. The molecule has 5 rings (SSSR count).